The second kappa shape index (κ2) is 7.51. The third kappa shape index (κ3) is 3.48. The van der Waals surface area contributed by atoms with Crippen molar-refractivity contribution in [3.63, 3.8) is 0 Å². The molecule has 0 radical (unpaired) electrons. The number of hydrogen-bond donors (Lipinski definition) is 0. The van der Waals surface area contributed by atoms with E-state index in [1.807, 2.05) is 12.1 Å². The fourth-order valence-corrected chi connectivity index (χ4v) is 3.89. The summed E-state index contributed by atoms with van der Waals surface area (Å²) < 4.78 is 1.48. The highest BCUT2D eigenvalue weighted by Gasteiger charge is 2.22. The van der Waals surface area contributed by atoms with Crippen molar-refractivity contribution in [2.45, 2.75) is 17.3 Å². The zero-order valence-corrected chi connectivity index (χ0v) is 16.2. The number of amides is 1. The molecule has 0 spiro atoms. The van der Waals surface area contributed by atoms with Gasteiger partial charge in [-0.25, -0.2) is 4.98 Å². The molecule has 2 aromatic carbocycles. The normalized spacial score (nSPS) is 12.2. The number of carbonyl (C=O) groups is 1. The van der Waals surface area contributed by atoms with Crippen molar-refractivity contribution in [1.82, 2.24) is 14.5 Å². The Bertz CT molecular complexity index is 1030. The monoisotopic (exact) mass is 387 g/mol. The van der Waals surface area contributed by atoms with Crippen LogP contribution in [0.5, 0.6) is 0 Å². The third-order valence-corrected chi connectivity index (χ3v) is 5.27. The molecule has 0 aliphatic heterocycles. The summed E-state index contributed by atoms with van der Waals surface area (Å²) in [5.74, 6) is -0.0527. The summed E-state index contributed by atoms with van der Waals surface area (Å²) in [7, 11) is 3.41. The van der Waals surface area contributed by atoms with E-state index in [4.69, 9.17) is 11.6 Å². The van der Waals surface area contributed by atoms with Gasteiger partial charge >= 0.3 is 0 Å². The Kier molecular flexibility index (Phi) is 5.34. The van der Waals surface area contributed by atoms with E-state index < -0.39 is 5.25 Å². The van der Waals surface area contributed by atoms with Crippen LogP contribution < -0.4 is 5.56 Å². The van der Waals surface area contributed by atoms with Gasteiger partial charge in [0.25, 0.3) is 5.56 Å². The summed E-state index contributed by atoms with van der Waals surface area (Å²) >= 11 is 7.57. The van der Waals surface area contributed by atoms with Gasteiger partial charge in [-0.1, -0.05) is 47.6 Å². The minimum atomic E-state index is -0.396. The Morgan fingerprint density at radius 3 is 2.50 bits per heavy atom. The topological polar surface area (TPSA) is 55.2 Å². The number of benzene rings is 2. The maximum absolute atomic E-state index is 13.1. The summed E-state index contributed by atoms with van der Waals surface area (Å²) in [5.41, 5.74) is 0.924. The minimum absolute atomic E-state index is 0.0527. The number of halogens is 1. The van der Waals surface area contributed by atoms with Gasteiger partial charge in [0.05, 0.1) is 26.9 Å². The van der Waals surface area contributed by atoms with Gasteiger partial charge in [-0.15, -0.1) is 0 Å². The number of hydrogen-bond acceptors (Lipinski definition) is 4. The minimum Gasteiger partial charge on any atom is -0.348 e. The summed E-state index contributed by atoms with van der Waals surface area (Å²) in [4.78, 5) is 31.6. The Labute approximate surface area is 160 Å². The molecular weight excluding hydrogens is 370 g/mol. The largest absolute Gasteiger partial charge is 0.348 e. The molecule has 0 aliphatic rings. The van der Waals surface area contributed by atoms with Crippen LogP contribution in [0.3, 0.4) is 0 Å². The van der Waals surface area contributed by atoms with E-state index in [1.165, 1.54) is 21.2 Å². The van der Waals surface area contributed by atoms with E-state index in [1.54, 1.807) is 57.4 Å². The molecule has 0 saturated heterocycles. The molecule has 0 aliphatic carbocycles. The Balaban J connectivity index is 2.24. The summed E-state index contributed by atoms with van der Waals surface area (Å²) in [5, 5.41) is 0.986. The highest BCUT2D eigenvalue weighted by atomic mass is 35.5. The molecule has 1 atom stereocenters. The molecule has 1 amide bonds. The quantitative estimate of drug-likeness (QED) is 0.507. The fourth-order valence-electron chi connectivity index (χ4n) is 2.61. The van der Waals surface area contributed by atoms with Crippen molar-refractivity contribution in [2.24, 2.45) is 0 Å². The molecular formula is C19H18ClN3O2S. The molecule has 0 unspecified atom stereocenters. The zero-order chi connectivity index (χ0) is 18.8. The fraction of sp³-hybridized carbons (Fsp3) is 0.211. The number of aromatic nitrogens is 2. The number of rotatable bonds is 4. The van der Waals surface area contributed by atoms with Crippen LogP contribution in [0.1, 0.15) is 6.92 Å². The van der Waals surface area contributed by atoms with Crippen LogP contribution in [0, 0.1) is 0 Å². The zero-order valence-electron chi connectivity index (χ0n) is 14.6. The van der Waals surface area contributed by atoms with Crippen LogP contribution in [-0.4, -0.2) is 39.7 Å². The average Bonchev–Trinajstić information content (AvgIpc) is 2.62. The number of fused-ring (bicyclic) bond motifs is 1. The first-order chi connectivity index (χ1) is 12.4. The van der Waals surface area contributed by atoms with E-state index in [0.717, 1.165) is 0 Å². The smallest absolute Gasteiger partial charge is 0.266 e. The van der Waals surface area contributed by atoms with Gasteiger partial charge < -0.3 is 4.90 Å². The first-order valence-electron chi connectivity index (χ1n) is 8.04. The van der Waals surface area contributed by atoms with Crippen molar-refractivity contribution in [2.75, 3.05) is 14.1 Å². The highest BCUT2D eigenvalue weighted by Crippen LogP contribution is 2.28. The van der Waals surface area contributed by atoms with Gasteiger partial charge in [-0.05, 0) is 31.2 Å². The van der Waals surface area contributed by atoms with E-state index in [-0.39, 0.29) is 11.5 Å². The molecule has 0 N–H and O–H groups in total. The van der Waals surface area contributed by atoms with Gasteiger partial charge in [0.15, 0.2) is 5.16 Å². The summed E-state index contributed by atoms with van der Waals surface area (Å²) in [6.45, 7) is 1.80. The van der Waals surface area contributed by atoms with Crippen LogP contribution in [0.4, 0.5) is 0 Å². The molecule has 1 heterocycles. The van der Waals surface area contributed by atoms with Gasteiger partial charge in [-0.3, -0.25) is 14.2 Å². The van der Waals surface area contributed by atoms with Gasteiger partial charge in [-0.2, -0.15) is 0 Å². The lowest BCUT2D eigenvalue weighted by Crippen LogP contribution is -2.31. The predicted molar refractivity (Wildman–Crippen MR) is 106 cm³/mol. The van der Waals surface area contributed by atoms with Crippen LogP contribution in [0.2, 0.25) is 5.02 Å². The average molecular weight is 388 g/mol. The second-order valence-electron chi connectivity index (χ2n) is 6.00. The second-order valence-corrected chi connectivity index (χ2v) is 7.71. The van der Waals surface area contributed by atoms with Gasteiger partial charge in [0.2, 0.25) is 5.91 Å². The van der Waals surface area contributed by atoms with E-state index in [2.05, 4.69) is 4.98 Å². The lowest BCUT2D eigenvalue weighted by Gasteiger charge is -2.19. The molecule has 26 heavy (non-hydrogen) atoms. The maximum atomic E-state index is 13.1. The Hall–Kier alpha value is -2.31. The first-order valence-corrected chi connectivity index (χ1v) is 9.30. The standard InChI is InChI=1S/C19H18ClN3O2S/c1-12(17(24)22(2)3)26-19-21-15-10-6-4-8-13(15)18(25)23(19)16-11-7-5-9-14(16)20/h4-12H,1-3H3/t12-/m0/s1. The van der Waals surface area contributed by atoms with Crippen molar-refractivity contribution in [3.8, 4) is 5.69 Å². The Morgan fingerprint density at radius 1 is 1.15 bits per heavy atom. The van der Waals surface area contributed by atoms with Gasteiger partial charge in [0.1, 0.15) is 0 Å². The van der Waals surface area contributed by atoms with E-state index in [9.17, 15) is 9.59 Å². The van der Waals surface area contributed by atoms with Crippen molar-refractivity contribution in [3.05, 3.63) is 63.9 Å². The number of carbonyl (C=O) groups excluding carboxylic acids is 1. The maximum Gasteiger partial charge on any atom is 0.266 e. The molecule has 5 nitrogen and oxygen atoms in total. The molecule has 134 valence electrons. The number of thioether (sulfide) groups is 1. The molecule has 0 bridgehead atoms. The predicted octanol–water partition coefficient (Wildman–Crippen LogP) is 3.61. The molecule has 3 rings (SSSR count). The van der Waals surface area contributed by atoms with Crippen LogP contribution in [0.25, 0.3) is 16.6 Å². The van der Waals surface area contributed by atoms with Crippen LogP contribution in [-0.2, 0) is 4.79 Å². The summed E-state index contributed by atoms with van der Waals surface area (Å²) in [6.07, 6.45) is 0. The SMILES string of the molecule is C[C@H](Sc1nc2ccccc2c(=O)n1-c1ccccc1Cl)C(=O)N(C)C. The molecule has 7 heteroatoms. The van der Waals surface area contributed by atoms with Gasteiger partial charge in [0, 0.05) is 14.1 Å². The van der Waals surface area contributed by atoms with E-state index >= 15 is 0 Å². The molecule has 1 aromatic heterocycles. The molecule has 0 fully saturated rings. The van der Waals surface area contributed by atoms with Crippen molar-refractivity contribution >= 4 is 40.2 Å². The summed E-state index contributed by atoms with van der Waals surface area (Å²) in [6, 6.07) is 14.3. The number of para-hydroxylation sites is 2. The molecule has 0 saturated carbocycles. The first kappa shape index (κ1) is 18.5. The third-order valence-electron chi connectivity index (χ3n) is 3.91. The van der Waals surface area contributed by atoms with Crippen LogP contribution in [0.15, 0.2) is 58.5 Å². The molecule has 3 aromatic rings. The van der Waals surface area contributed by atoms with Crippen molar-refractivity contribution in [1.29, 1.82) is 0 Å². The van der Waals surface area contributed by atoms with Crippen LogP contribution >= 0.6 is 23.4 Å². The number of nitrogens with zero attached hydrogens (tertiary/aromatic N) is 3. The Morgan fingerprint density at radius 2 is 1.81 bits per heavy atom. The lowest BCUT2D eigenvalue weighted by atomic mass is 10.2. The highest BCUT2D eigenvalue weighted by molar-refractivity contribution is 8.00. The lowest BCUT2D eigenvalue weighted by molar-refractivity contribution is -0.127. The van der Waals surface area contributed by atoms with Crippen molar-refractivity contribution < 1.29 is 4.79 Å². The van der Waals surface area contributed by atoms with E-state index in [0.29, 0.717) is 26.8 Å².